The molecular formula is C10H13N3O. The minimum atomic E-state index is -0.0365. The molecule has 0 saturated heterocycles. The predicted octanol–water partition coefficient (Wildman–Crippen LogP) is 0.929. The second kappa shape index (κ2) is 5.20. The van der Waals surface area contributed by atoms with E-state index in [1.54, 1.807) is 0 Å². The zero-order valence-electron chi connectivity index (χ0n) is 8.16. The Balaban J connectivity index is 2.33. The van der Waals surface area contributed by atoms with Gasteiger partial charge in [0.05, 0.1) is 19.0 Å². The molecule has 0 fully saturated rings. The Morgan fingerprint density at radius 1 is 1.71 bits per heavy atom. The SMILES string of the molecule is CN(CC(=O)CC#N)Cc1cc[nH]c1. The topological polar surface area (TPSA) is 59.9 Å². The number of hydrogen-bond acceptors (Lipinski definition) is 3. The number of Topliss-reactive ketones (excluding diaryl/α,β-unsaturated/α-hetero) is 1. The first-order valence-corrected chi connectivity index (χ1v) is 4.41. The van der Waals surface area contributed by atoms with Crippen molar-refractivity contribution in [3.8, 4) is 6.07 Å². The normalized spacial score (nSPS) is 10.1. The summed E-state index contributed by atoms with van der Waals surface area (Å²) in [6.07, 6.45) is 3.74. The van der Waals surface area contributed by atoms with Crippen molar-refractivity contribution in [3.63, 3.8) is 0 Å². The number of aromatic nitrogens is 1. The molecule has 0 bridgehead atoms. The van der Waals surface area contributed by atoms with Crippen LogP contribution in [-0.4, -0.2) is 29.3 Å². The lowest BCUT2D eigenvalue weighted by Crippen LogP contribution is -2.24. The smallest absolute Gasteiger partial charge is 0.160 e. The van der Waals surface area contributed by atoms with Gasteiger partial charge in [-0.3, -0.25) is 9.69 Å². The number of rotatable bonds is 5. The number of ketones is 1. The van der Waals surface area contributed by atoms with Crippen molar-refractivity contribution in [3.05, 3.63) is 24.0 Å². The van der Waals surface area contributed by atoms with E-state index < -0.39 is 0 Å². The average Bonchev–Trinajstić information content (AvgIpc) is 2.56. The van der Waals surface area contributed by atoms with E-state index in [1.165, 1.54) is 0 Å². The van der Waals surface area contributed by atoms with Gasteiger partial charge < -0.3 is 4.98 Å². The van der Waals surface area contributed by atoms with Gasteiger partial charge in [0.15, 0.2) is 5.78 Å². The lowest BCUT2D eigenvalue weighted by molar-refractivity contribution is -0.119. The van der Waals surface area contributed by atoms with Gasteiger partial charge in [-0.15, -0.1) is 0 Å². The second-order valence-electron chi connectivity index (χ2n) is 3.27. The first kappa shape index (κ1) is 10.5. The molecule has 1 rings (SSSR count). The maximum Gasteiger partial charge on any atom is 0.160 e. The number of hydrogen-bond donors (Lipinski definition) is 1. The molecule has 1 N–H and O–H groups in total. The van der Waals surface area contributed by atoms with Crippen molar-refractivity contribution in [2.45, 2.75) is 13.0 Å². The average molecular weight is 191 g/mol. The van der Waals surface area contributed by atoms with Gasteiger partial charge in [0, 0.05) is 18.9 Å². The molecule has 4 nitrogen and oxygen atoms in total. The van der Waals surface area contributed by atoms with Crippen molar-refractivity contribution < 1.29 is 4.79 Å². The van der Waals surface area contributed by atoms with Crippen molar-refractivity contribution in [2.75, 3.05) is 13.6 Å². The van der Waals surface area contributed by atoms with Crippen LogP contribution in [0, 0.1) is 11.3 Å². The molecular weight excluding hydrogens is 178 g/mol. The maximum absolute atomic E-state index is 11.1. The highest BCUT2D eigenvalue weighted by Gasteiger charge is 2.06. The van der Waals surface area contributed by atoms with E-state index in [0.717, 1.165) is 12.1 Å². The Morgan fingerprint density at radius 2 is 2.50 bits per heavy atom. The summed E-state index contributed by atoms with van der Waals surface area (Å²) >= 11 is 0. The number of likely N-dealkylation sites (N-methyl/N-ethyl adjacent to an activating group) is 1. The summed E-state index contributed by atoms with van der Waals surface area (Å²) < 4.78 is 0. The molecule has 0 aliphatic rings. The fourth-order valence-corrected chi connectivity index (χ4v) is 1.27. The molecule has 0 unspecified atom stereocenters. The van der Waals surface area contributed by atoms with Crippen LogP contribution >= 0.6 is 0 Å². The monoisotopic (exact) mass is 191 g/mol. The number of carbonyl (C=O) groups excluding carboxylic acids is 1. The van der Waals surface area contributed by atoms with E-state index in [4.69, 9.17) is 5.26 Å². The molecule has 0 aromatic carbocycles. The quantitative estimate of drug-likeness (QED) is 0.753. The number of nitrogens with zero attached hydrogens (tertiary/aromatic N) is 2. The van der Waals surface area contributed by atoms with Crippen molar-refractivity contribution in [1.29, 1.82) is 5.26 Å². The van der Waals surface area contributed by atoms with Crippen molar-refractivity contribution >= 4 is 5.78 Å². The standard InChI is InChI=1S/C10H13N3O/c1-13(8-10(14)2-4-11)7-9-3-5-12-6-9/h3,5-6,12H,2,7-8H2,1H3. The Kier molecular flexibility index (Phi) is 3.89. The van der Waals surface area contributed by atoms with Gasteiger partial charge in [0.2, 0.25) is 0 Å². The van der Waals surface area contributed by atoms with Crippen LogP contribution < -0.4 is 0 Å². The minimum Gasteiger partial charge on any atom is -0.367 e. The lowest BCUT2D eigenvalue weighted by Gasteiger charge is -2.13. The summed E-state index contributed by atoms with van der Waals surface area (Å²) in [6, 6.07) is 3.81. The fourth-order valence-electron chi connectivity index (χ4n) is 1.27. The summed E-state index contributed by atoms with van der Waals surface area (Å²) in [7, 11) is 1.86. The summed E-state index contributed by atoms with van der Waals surface area (Å²) in [5.74, 6) is -0.0365. The highest BCUT2D eigenvalue weighted by atomic mass is 16.1. The van der Waals surface area contributed by atoms with Gasteiger partial charge in [-0.25, -0.2) is 0 Å². The summed E-state index contributed by atoms with van der Waals surface area (Å²) in [5, 5.41) is 8.31. The van der Waals surface area contributed by atoms with Crippen LogP contribution in [-0.2, 0) is 11.3 Å². The van der Waals surface area contributed by atoms with Crippen LogP contribution in [0.2, 0.25) is 0 Å². The summed E-state index contributed by atoms with van der Waals surface area (Å²) in [6.45, 7) is 1.05. The van der Waals surface area contributed by atoms with Gasteiger partial charge in [0.1, 0.15) is 0 Å². The van der Waals surface area contributed by atoms with Gasteiger partial charge in [-0.05, 0) is 18.7 Å². The number of nitriles is 1. The summed E-state index contributed by atoms with van der Waals surface area (Å²) in [5.41, 5.74) is 1.14. The molecule has 0 aliphatic heterocycles. The van der Waals surface area contributed by atoms with Crippen molar-refractivity contribution in [1.82, 2.24) is 9.88 Å². The van der Waals surface area contributed by atoms with Crippen LogP contribution in [0.4, 0.5) is 0 Å². The first-order valence-electron chi connectivity index (χ1n) is 4.41. The van der Waals surface area contributed by atoms with Gasteiger partial charge in [-0.1, -0.05) is 0 Å². The molecule has 0 radical (unpaired) electrons. The highest BCUT2D eigenvalue weighted by Crippen LogP contribution is 2.01. The highest BCUT2D eigenvalue weighted by molar-refractivity contribution is 5.82. The largest absolute Gasteiger partial charge is 0.367 e. The maximum atomic E-state index is 11.1. The van der Waals surface area contributed by atoms with E-state index in [2.05, 4.69) is 4.98 Å². The molecule has 0 amide bonds. The second-order valence-corrected chi connectivity index (χ2v) is 3.27. The third kappa shape index (κ3) is 3.42. The third-order valence-electron chi connectivity index (χ3n) is 1.84. The van der Waals surface area contributed by atoms with Gasteiger partial charge >= 0.3 is 0 Å². The zero-order valence-corrected chi connectivity index (χ0v) is 8.16. The van der Waals surface area contributed by atoms with E-state index in [-0.39, 0.29) is 12.2 Å². The van der Waals surface area contributed by atoms with E-state index in [9.17, 15) is 4.79 Å². The number of aromatic amines is 1. The molecule has 1 aromatic heterocycles. The van der Waals surface area contributed by atoms with E-state index in [1.807, 2.05) is 36.5 Å². The van der Waals surface area contributed by atoms with Crippen LogP contribution in [0.3, 0.4) is 0 Å². The first-order chi connectivity index (χ1) is 6.72. The molecule has 0 atom stereocenters. The molecule has 4 heteroatoms. The third-order valence-corrected chi connectivity index (χ3v) is 1.84. The lowest BCUT2D eigenvalue weighted by atomic mass is 10.2. The van der Waals surface area contributed by atoms with Crippen LogP contribution in [0.25, 0.3) is 0 Å². The molecule has 74 valence electrons. The number of carbonyl (C=O) groups is 1. The van der Waals surface area contributed by atoms with Crippen LogP contribution in [0.15, 0.2) is 18.5 Å². The zero-order chi connectivity index (χ0) is 10.4. The Labute approximate surface area is 83.1 Å². The molecule has 0 saturated carbocycles. The number of H-pyrrole nitrogens is 1. The van der Waals surface area contributed by atoms with Gasteiger partial charge in [0.25, 0.3) is 0 Å². The van der Waals surface area contributed by atoms with E-state index >= 15 is 0 Å². The van der Waals surface area contributed by atoms with Crippen LogP contribution in [0.1, 0.15) is 12.0 Å². The molecule has 0 spiro atoms. The Morgan fingerprint density at radius 3 is 3.07 bits per heavy atom. The molecule has 0 aliphatic carbocycles. The fraction of sp³-hybridized carbons (Fsp3) is 0.400. The minimum absolute atomic E-state index is 0.00250. The van der Waals surface area contributed by atoms with Crippen LogP contribution in [0.5, 0.6) is 0 Å². The predicted molar refractivity (Wildman–Crippen MR) is 52.4 cm³/mol. The molecule has 14 heavy (non-hydrogen) atoms. The summed E-state index contributed by atoms with van der Waals surface area (Å²) in [4.78, 5) is 16.0. The van der Waals surface area contributed by atoms with E-state index in [0.29, 0.717) is 6.54 Å². The number of nitrogens with one attached hydrogen (secondary N) is 1. The Bertz CT molecular complexity index is 324. The van der Waals surface area contributed by atoms with Gasteiger partial charge in [-0.2, -0.15) is 5.26 Å². The molecule has 1 heterocycles. The van der Waals surface area contributed by atoms with Crippen molar-refractivity contribution in [2.24, 2.45) is 0 Å². The molecule has 1 aromatic rings. The Hall–Kier alpha value is -1.60.